The third-order valence-electron chi connectivity index (χ3n) is 3.71. The molecule has 0 fully saturated rings. The predicted octanol–water partition coefficient (Wildman–Crippen LogP) is 5.56. The fourth-order valence-corrected chi connectivity index (χ4v) is 3.11. The van der Waals surface area contributed by atoms with E-state index in [4.69, 9.17) is 0 Å². The van der Waals surface area contributed by atoms with E-state index in [9.17, 15) is 0 Å². The van der Waals surface area contributed by atoms with E-state index in [0.717, 1.165) is 0 Å². The van der Waals surface area contributed by atoms with Crippen LogP contribution in [0, 0.1) is 0 Å². The first-order valence-corrected chi connectivity index (χ1v) is 8.06. The van der Waals surface area contributed by atoms with E-state index in [0.29, 0.717) is 5.41 Å². The number of thiazole rings is 1. The molecule has 1 aromatic heterocycles. The summed E-state index contributed by atoms with van der Waals surface area (Å²) in [6.45, 7) is 6.96. The van der Waals surface area contributed by atoms with Crippen molar-refractivity contribution in [3.05, 3.63) is 16.6 Å². The van der Waals surface area contributed by atoms with Gasteiger partial charge in [0.05, 0.1) is 11.2 Å². The van der Waals surface area contributed by atoms with Crippen LogP contribution < -0.4 is 0 Å². The van der Waals surface area contributed by atoms with E-state index in [1.807, 2.05) is 5.51 Å². The van der Waals surface area contributed by atoms with Gasteiger partial charge in [-0.3, -0.25) is 0 Å². The highest BCUT2D eigenvalue weighted by molar-refractivity contribution is 7.07. The smallest absolute Gasteiger partial charge is 0.0794 e. The van der Waals surface area contributed by atoms with Crippen LogP contribution in [0.4, 0.5) is 0 Å². The molecule has 1 heterocycles. The summed E-state index contributed by atoms with van der Waals surface area (Å²) < 4.78 is 0. The van der Waals surface area contributed by atoms with Crippen molar-refractivity contribution in [2.75, 3.05) is 0 Å². The molecular weight excluding hydrogens is 226 g/mol. The molecule has 1 aromatic rings. The van der Waals surface area contributed by atoms with Gasteiger partial charge >= 0.3 is 0 Å². The number of rotatable bonds is 9. The normalized spacial score (nSPS) is 14.8. The van der Waals surface area contributed by atoms with E-state index in [2.05, 4.69) is 31.1 Å². The standard InChI is InChI=1S/C15H27NS/c1-4-6-8-9-11-15(3,10-7-5-2)14-12-17-13-16-14/h12-13H,4-11H2,1-3H3. The van der Waals surface area contributed by atoms with Crippen LogP contribution >= 0.6 is 11.3 Å². The molecule has 98 valence electrons. The molecule has 0 aliphatic rings. The molecule has 0 aliphatic heterocycles. The minimum absolute atomic E-state index is 0.323. The van der Waals surface area contributed by atoms with Crippen molar-refractivity contribution in [1.29, 1.82) is 0 Å². The van der Waals surface area contributed by atoms with Crippen LogP contribution in [0.3, 0.4) is 0 Å². The number of nitrogens with zero attached hydrogens (tertiary/aromatic N) is 1. The van der Waals surface area contributed by atoms with Crippen molar-refractivity contribution >= 4 is 11.3 Å². The van der Waals surface area contributed by atoms with Crippen molar-refractivity contribution in [3.8, 4) is 0 Å². The van der Waals surface area contributed by atoms with Crippen LogP contribution in [-0.4, -0.2) is 4.98 Å². The molecule has 17 heavy (non-hydrogen) atoms. The number of aromatic nitrogens is 1. The summed E-state index contributed by atoms with van der Waals surface area (Å²) >= 11 is 1.73. The van der Waals surface area contributed by atoms with E-state index in [-0.39, 0.29) is 0 Å². The van der Waals surface area contributed by atoms with Gasteiger partial charge in [-0.05, 0) is 12.8 Å². The van der Waals surface area contributed by atoms with Crippen LogP contribution in [0.2, 0.25) is 0 Å². The van der Waals surface area contributed by atoms with Gasteiger partial charge in [-0.25, -0.2) is 4.98 Å². The minimum Gasteiger partial charge on any atom is -0.249 e. The fourth-order valence-electron chi connectivity index (χ4n) is 2.40. The lowest BCUT2D eigenvalue weighted by Crippen LogP contribution is -2.22. The highest BCUT2D eigenvalue weighted by Gasteiger charge is 2.27. The summed E-state index contributed by atoms with van der Waals surface area (Å²) in [5, 5.41) is 2.25. The zero-order chi connectivity index (χ0) is 12.6. The second kappa shape index (κ2) is 7.86. The monoisotopic (exact) mass is 253 g/mol. The third kappa shape index (κ3) is 4.79. The molecule has 0 bridgehead atoms. The van der Waals surface area contributed by atoms with Crippen molar-refractivity contribution in [2.45, 2.75) is 77.6 Å². The fraction of sp³-hybridized carbons (Fsp3) is 0.800. The highest BCUT2D eigenvalue weighted by atomic mass is 32.1. The molecule has 1 atom stereocenters. The Morgan fingerprint density at radius 3 is 2.35 bits per heavy atom. The lowest BCUT2D eigenvalue weighted by atomic mass is 9.77. The van der Waals surface area contributed by atoms with Gasteiger partial charge in [-0.15, -0.1) is 11.3 Å². The quantitative estimate of drug-likeness (QED) is 0.525. The molecule has 0 amide bonds. The first kappa shape index (κ1) is 14.7. The maximum Gasteiger partial charge on any atom is 0.0794 e. The van der Waals surface area contributed by atoms with E-state index in [1.54, 1.807) is 11.3 Å². The van der Waals surface area contributed by atoms with Gasteiger partial charge < -0.3 is 0 Å². The van der Waals surface area contributed by atoms with E-state index in [1.165, 1.54) is 57.1 Å². The molecule has 0 radical (unpaired) electrons. The highest BCUT2D eigenvalue weighted by Crippen LogP contribution is 2.34. The summed E-state index contributed by atoms with van der Waals surface area (Å²) in [7, 11) is 0. The van der Waals surface area contributed by atoms with Gasteiger partial charge in [0, 0.05) is 10.8 Å². The number of unbranched alkanes of at least 4 members (excludes halogenated alkanes) is 4. The summed E-state index contributed by atoms with van der Waals surface area (Å²) in [6, 6.07) is 0. The zero-order valence-corrected chi connectivity index (χ0v) is 12.5. The Kier molecular flexibility index (Phi) is 6.79. The molecule has 0 saturated heterocycles. The van der Waals surface area contributed by atoms with Gasteiger partial charge in [0.2, 0.25) is 0 Å². The van der Waals surface area contributed by atoms with Crippen LogP contribution in [-0.2, 0) is 5.41 Å². The Hall–Kier alpha value is -0.370. The number of hydrogen-bond acceptors (Lipinski definition) is 2. The summed E-state index contributed by atoms with van der Waals surface area (Å²) in [4.78, 5) is 4.56. The SMILES string of the molecule is CCCCCCC(C)(CCCC)c1cscn1. The Bertz CT molecular complexity index is 281. The van der Waals surface area contributed by atoms with Crippen LogP contribution in [0.25, 0.3) is 0 Å². The van der Waals surface area contributed by atoms with Crippen molar-refractivity contribution in [1.82, 2.24) is 4.98 Å². The summed E-state index contributed by atoms with van der Waals surface area (Å²) in [5.74, 6) is 0. The minimum atomic E-state index is 0.323. The first-order chi connectivity index (χ1) is 8.23. The Morgan fingerprint density at radius 2 is 1.76 bits per heavy atom. The first-order valence-electron chi connectivity index (χ1n) is 7.11. The van der Waals surface area contributed by atoms with Gasteiger partial charge in [0.25, 0.3) is 0 Å². The molecule has 0 saturated carbocycles. The maximum absolute atomic E-state index is 4.56. The third-order valence-corrected chi connectivity index (χ3v) is 4.30. The second-order valence-corrected chi connectivity index (χ2v) is 6.07. The molecule has 0 spiro atoms. The largest absolute Gasteiger partial charge is 0.249 e. The van der Waals surface area contributed by atoms with Crippen LogP contribution in [0.1, 0.15) is 77.8 Å². The maximum atomic E-state index is 4.56. The van der Waals surface area contributed by atoms with E-state index >= 15 is 0 Å². The molecular formula is C15H27NS. The summed E-state index contributed by atoms with van der Waals surface area (Å²) in [6.07, 6.45) is 10.6. The molecule has 1 nitrogen and oxygen atoms in total. The van der Waals surface area contributed by atoms with E-state index < -0.39 is 0 Å². The number of hydrogen-bond donors (Lipinski definition) is 0. The lowest BCUT2D eigenvalue weighted by molar-refractivity contribution is 0.361. The van der Waals surface area contributed by atoms with Crippen molar-refractivity contribution in [2.24, 2.45) is 0 Å². The van der Waals surface area contributed by atoms with Crippen molar-refractivity contribution in [3.63, 3.8) is 0 Å². The molecule has 0 aromatic carbocycles. The van der Waals surface area contributed by atoms with Crippen LogP contribution in [0.15, 0.2) is 10.9 Å². The molecule has 1 unspecified atom stereocenters. The van der Waals surface area contributed by atoms with Crippen LogP contribution in [0.5, 0.6) is 0 Å². The topological polar surface area (TPSA) is 12.9 Å². The molecule has 0 aliphatic carbocycles. The lowest BCUT2D eigenvalue weighted by Gasteiger charge is -2.28. The molecule has 1 rings (SSSR count). The average molecular weight is 253 g/mol. The average Bonchev–Trinajstić information content (AvgIpc) is 2.86. The Morgan fingerprint density at radius 1 is 1.06 bits per heavy atom. The predicted molar refractivity (Wildman–Crippen MR) is 77.8 cm³/mol. The Labute approximate surface area is 111 Å². The zero-order valence-electron chi connectivity index (χ0n) is 11.7. The van der Waals surface area contributed by atoms with Gasteiger partial charge in [0.1, 0.15) is 0 Å². The Balaban J connectivity index is 2.53. The van der Waals surface area contributed by atoms with Gasteiger partial charge in [-0.2, -0.15) is 0 Å². The molecule has 2 heteroatoms. The van der Waals surface area contributed by atoms with Gasteiger partial charge in [0.15, 0.2) is 0 Å². The van der Waals surface area contributed by atoms with Gasteiger partial charge in [-0.1, -0.05) is 59.3 Å². The molecule has 0 N–H and O–H groups in total. The van der Waals surface area contributed by atoms with Crippen molar-refractivity contribution < 1.29 is 0 Å². The summed E-state index contributed by atoms with van der Waals surface area (Å²) in [5.41, 5.74) is 3.63. The second-order valence-electron chi connectivity index (χ2n) is 5.35.